The average molecular weight is 229 g/mol. The van der Waals surface area contributed by atoms with Crippen molar-refractivity contribution in [1.82, 2.24) is 16.0 Å². The highest BCUT2D eigenvalue weighted by atomic mass is 16.4. The lowest BCUT2D eigenvalue weighted by molar-refractivity contribution is -0.134. The summed E-state index contributed by atoms with van der Waals surface area (Å²) in [6.07, 6.45) is 0.837. The van der Waals surface area contributed by atoms with Gasteiger partial charge < -0.3 is 15.7 Å². The van der Waals surface area contributed by atoms with E-state index >= 15 is 0 Å². The van der Waals surface area contributed by atoms with Gasteiger partial charge in [-0.1, -0.05) is 0 Å². The third-order valence-corrected chi connectivity index (χ3v) is 2.37. The summed E-state index contributed by atoms with van der Waals surface area (Å²) in [5.41, 5.74) is 0. The zero-order valence-corrected chi connectivity index (χ0v) is 8.95. The van der Waals surface area contributed by atoms with Gasteiger partial charge >= 0.3 is 6.03 Å². The summed E-state index contributed by atoms with van der Waals surface area (Å²) in [4.78, 5) is 31.1. The fourth-order valence-electron chi connectivity index (χ4n) is 1.72. The Morgan fingerprint density at radius 3 is 2.69 bits per heavy atom. The maximum Gasteiger partial charge on any atom is 0.321 e. The van der Waals surface area contributed by atoms with Gasteiger partial charge in [-0.05, 0) is 13.0 Å². The molecule has 7 heteroatoms. The van der Waals surface area contributed by atoms with Crippen LogP contribution in [0.2, 0.25) is 0 Å². The molecule has 4 N–H and O–H groups in total. The minimum absolute atomic E-state index is 0.0347. The van der Waals surface area contributed by atoms with Gasteiger partial charge in [-0.3, -0.25) is 14.9 Å². The van der Waals surface area contributed by atoms with Crippen molar-refractivity contribution in [2.75, 3.05) is 13.1 Å². The molecule has 7 nitrogen and oxygen atoms in total. The van der Waals surface area contributed by atoms with Crippen molar-refractivity contribution in [1.29, 1.82) is 0 Å². The first-order valence-corrected chi connectivity index (χ1v) is 5.02. The predicted molar refractivity (Wildman–Crippen MR) is 54.7 cm³/mol. The molecule has 0 bridgehead atoms. The number of carbonyl (C=O) groups excluding carboxylic acids is 2. The van der Waals surface area contributed by atoms with Crippen LogP contribution in [-0.4, -0.2) is 42.1 Å². The molecule has 0 aromatic carbocycles. The molecule has 0 radical (unpaired) electrons. The SMILES string of the molecule is CC(=O)O.O=C1NC(=O)C2CNCCC2N1. The van der Waals surface area contributed by atoms with E-state index in [0.29, 0.717) is 6.54 Å². The van der Waals surface area contributed by atoms with Crippen LogP contribution in [0.1, 0.15) is 13.3 Å². The summed E-state index contributed by atoms with van der Waals surface area (Å²) in [5.74, 6) is -1.08. The highest BCUT2D eigenvalue weighted by Crippen LogP contribution is 2.14. The molecule has 2 aliphatic heterocycles. The van der Waals surface area contributed by atoms with Gasteiger partial charge in [-0.25, -0.2) is 4.79 Å². The number of hydrogen-bond acceptors (Lipinski definition) is 4. The molecule has 3 amide bonds. The molecule has 90 valence electrons. The van der Waals surface area contributed by atoms with E-state index in [9.17, 15) is 9.59 Å². The van der Waals surface area contributed by atoms with E-state index in [0.717, 1.165) is 19.9 Å². The van der Waals surface area contributed by atoms with Crippen molar-refractivity contribution in [3.05, 3.63) is 0 Å². The summed E-state index contributed by atoms with van der Waals surface area (Å²) in [5, 5.41) is 15.5. The number of aliphatic carboxylic acids is 1. The lowest BCUT2D eigenvalue weighted by Gasteiger charge is -2.35. The number of piperidine rings is 1. The van der Waals surface area contributed by atoms with E-state index in [4.69, 9.17) is 9.90 Å². The number of nitrogens with one attached hydrogen (secondary N) is 3. The first-order chi connectivity index (χ1) is 7.50. The monoisotopic (exact) mass is 229 g/mol. The van der Waals surface area contributed by atoms with E-state index in [2.05, 4.69) is 16.0 Å². The highest BCUT2D eigenvalue weighted by molar-refractivity contribution is 5.98. The molecule has 0 aliphatic carbocycles. The van der Waals surface area contributed by atoms with Gasteiger partial charge in [0.05, 0.1) is 5.92 Å². The Morgan fingerprint density at radius 1 is 1.44 bits per heavy atom. The zero-order valence-electron chi connectivity index (χ0n) is 8.95. The number of hydrogen-bond donors (Lipinski definition) is 4. The zero-order chi connectivity index (χ0) is 12.1. The second-order valence-corrected chi connectivity index (χ2v) is 3.69. The van der Waals surface area contributed by atoms with Crippen molar-refractivity contribution in [3.63, 3.8) is 0 Å². The number of carbonyl (C=O) groups is 3. The molecule has 2 heterocycles. The quantitative estimate of drug-likeness (QED) is 0.421. The summed E-state index contributed by atoms with van der Waals surface area (Å²) in [7, 11) is 0. The fourth-order valence-corrected chi connectivity index (χ4v) is 1.72. The lowest BCUT2D eigenvalue weighted by Crippen LogP contribution is -2.62. The Bertz CT molecular complexity index is 301. The summed E-state index contributed by atoms with van der Waals surface area (Å²) in [6, 6.07) is -0.323. The number of carboxylic acids is 1. The van der Waals surface area contributed by atoms with Crippen LogP contribution in [0.15, 0.2) is 0 Å². The van der Waals surface area contributed by atoms with Gasteiger partial charge in [0.1, 0.15) is 0 Å². The molecule has 0 saturated carbocycles. The number of rotatable bonds is 0. The van der Waals surface area contributed by atoms with E-state index in [1.165, 1.54) is 0 Å². The number of urea groups is 1. The summed E-state index contributed by atoms with van der Waals surface area (Å²) >= 11 is 0. The van der Waals surface area contributed by atoms with E-state index in [1.54, 1.807) is 0 Å². The van der Waals surface area contributed by atoms with Crippen molar-refractivity contribution < 1.29 is 19.5 Å². The van der Waals surface area contributed by atoms with E-state index in [-0.39, 0.29) is 23.9 Å². The number of amides is 3. The minimum atomic E-state index is -0.833. The Kier molecular flexibility index (Phi) is 4.24. The Balaban J connectivity index is 0.000000280. The van der Waals surface area contributed by atoms with Crippen molar-refractivity contribution in [2.24, 2.45) is 5.92 Å². The lowest BCUT2D eigenvalue weighted by atomic mass is 9.91. The topological polar surface area (TPSA) is 108 Å². The molecule has 2 fully saturated rings. The molecular formula is C9H15N3O4. The van der Waals surface area contributed by atoms with Crippen LogP contribution in [0.3, 0.4) is 0 Å². The van der Waals surface area contributed by atoms with Crippen LogP contribution in [0.25, 0.3) is 0 Å². The highest BCUT2D eigenvalue weighted by Gasteiger charge is 2.36. The normalized spacial score (nSPS) is 27.8. The van der Waals surface area contributed by atoms with Gasteiger partial charge in [-0.2, -0.15) is 0 Å². The van der Waals surface area contributed by atoms with Gasteiger partial charge in [0.25, 0.3) is 5.97 Å². The van der Waals surface area contributed by atoms with Gasteiger partial charge in [0, 0.05) is 19.5 Å². The summed E-state index contributed by atoms with van der Waals surface area (Å²) in [6.45, 7) is 2.62. The van der Waals surface area contributed by atoms with Crippen molar-refractivity contribution in [3.8, 4) is 0 Å². The minimum Gasteiger partial charge on any atom is -0.481 e. The molecule has 2 aliphatic rings. The third kappa shape index (κ3) is 3.50. The Hall–Kier alpha value is -1.63. The first kappa shape index (κ1) is 12.4. The molecule has 2 atom stereocenters. The second kappa shape index (κ2) is 5.45. The van der Waals surface area contributed by atoms with E-state index in [1.807, 2.05) is 0 Å². The molecule has 16 heavy (non-hydrogen) atoms. The van der Waals surface area contributed by atoms with E-state index < -0.39 is 5.97 Å². The molecule has 0 spiro atoms. The van der Waals surface area contributed by atoms with Crippen molar-refractivity contribution in [2.45, 2.75) is 19.4 Å². The predicted octanol–water partition coefficient (Wildman–Crippen LogP) is -1.11. The van der Waals surface area contributed by atoms with Gasteiger partial charge in [-0.15, -0.1) is 0 Å². The largest absolute Gasteiger partial charge is 0.481 e. The van der Waals surface area contributed by atoms with Crippen LogP contribution in [0.5, 0.6) is 0 Å². The van der Waals surface area contributed by atoms with Crippen LogP contribution >= 0.6 is 0 Å². The van der Waals surface area contributed by atoms with Crippen LogP contribution in [-0.2, 0) is 9.59 Å². The molecule has 0 aromatic heterocycles. The second-order valence-electron chi connectivity index (χ2n) is 3.69. The standard InChI is InChI=1S/C7H11N3O2.C2H4O2/c11-6-4-3-8-2-1-5(4)9-7(12)10-6;1-2(3)4/h4-5,8H,1-3H2,(H2,9,10,11,12);1H3,(H,3,4). The van der Waals surface area contributed by atoms with Crippen LogP contribution < -0.4 is 16.0 Å². The fraction of sp³-hybridized carbons (Fsp3) is 0.667. The van der Waals surface area contributed by atoms with Crippen LogP contribution in [0.4, 0.5) is 4.79 Å². The summed E-state index contributed by atoms with van der Waals surface area (Å²) < 4.78 is 0. The van der Waals surface area contributed by atoms with Gasteiger partial charge in [0.15, 0.2) is 0 Å². The average Bonchev–Trinajstić information content (AvgIpc) is 2.16. The van der Waals surface area contributed by atoms with Crippen LogP contribution in [0, 0.1) is 5.92 Å². The maximum absolute atomic E-state index is 11.2. The molecule has 0 aromatic rings. The number of fused-ring (bicyclic) bond motifs is 1. The molecule has 2 saturated heterocycles. The number of carboxylic acid groups (broad SMARTS) is 1. The molecule has 2 unspecified atom stereocenters. The van der Waals surface area contributed by atoms with Gasteiger partial charge in [0.2, 0.25) is 5.91 Å². The Labute approximate surface area is 92.6 Å². The Morgan fingerprint density at radius 2 is 2.06 bits per heavy atom. The maximum atomic E-state index is 11.2. The molecular weight excluding hydrogens is 214 g/mol. The molecule has 2 rings (SSSR count). The van der Waals surface area contributed by atoms with Crippen molar-refractivity contribution >= 4 is 17.9 Å². The number of imide groups is 1. The third-order valence-electron chi connectivity index (χ3n) is 2.37. The smallest absolute Gasteiger partial charge is 0.321 e. The first-order valence-electron chi connectivity index (χ1n) is 5.02.